The number of hydrogen-bond donors (Lipinski definition) is 0. The fourth-order valence-electron chi connectivity index (χ4n) is 1.69. The van der Waals surface area contributed by atoms with E-state index in [9.17, 15) is 4.21 Å². The third-order valence-electron chi connectivity index (χ3n) is 4.21. The molecule has 0 aromatic heterocycles. The van der Waals surface area contributed by atoms with Crippen molar-refractivity contribution in [3.8, 4) is 0 Å². The molecule has 0 spiro atoms. The maximum atomic E-state index is 12.8. The molecule has 0 amide bonds. The molecule has 120 valence electrons. The Kier molecular flexibility index (Phi) is 6.10. The molecule has 1 unspecified atom stereocenters. The molecule has 0 saturated heterocycles. The Hall–Kier alpha value is -0.323. The van der Waals surface area contributed by atoms with Crippen LogP contribution in [-0.4, -0.2) is 12.4 Å². The van der Waals surface area contributed by atoms with Gasteiger partial charge in [0.25, 0.3) is 0 Å². The summed E-state index contributed by atoms with van der Waals surface area (Å²) in [6.07, 6.45) is 3.40. The molecule has 0 N–H and O–H groups in total. The van der Waals surface area contributed by atoms with E-state index in [1.807, 2.05) is 24.3 Å². The Morgan fingerprint density at radius 3 is 2.14 bits per heavy atom. The molecule has 0 aliphatic heterocycles. The highest BCUT2D eigenvalue weighted by Gasteiger charge is 2.37. The molecule has 0 heterocycles. The lowest BCUT2D eigenvalue weighted by atomic mass is 10.1. The van der Waals surface area contributed by atoms with E-state index >= 15 is 0 Å². The summed E-state index contributed by atoms with van der Waals surface area (Å²) >= 11 is 0. The summed E-state index contributed by atoms with van der Waals surface area (Å²) in [5, 5.41) is 0.0333. The summed E-state index contributed by atoms with van der Waals surface area (Å²) in [6.45, 7) is 12.8. The highest BCUT2D eigenvalue weighted by atomic mass is 35.7. The second-order valence-electron chi connectivity index (χ2n) is 7.11. The molecule has 2 nitrogen and oxygen atoms in total. The van der Waals surface area contributed by atoms with Gasteiger partial charge in [-0.2, -0.15) is 0 Å². The van der Waals surface area contributed by atoms with Gasteiger partial charge in [-0.15, -0.1) is 0 Å². The van der Waals surface area contributed by atoms with Crippen LogP contribution < -0.4 is 0 Å². The van der Waals surface area contributed by atoms with Crippen molar-refractivity contribution >= 4 is 27.9 Å². The van der Waals surface area contributed by atoms with Crippen LogP contribution in [0, 0.1) is 0 Å². The fraction of sp³-hybridized carbons (Fsp3) is 0.625. The number of unbranched alkanes of at least 4 members (excludes halogenated alkanes) is 1. The predicted octanol–water partition coefficient (Wildman–Crippen LogP) is 6.02. The van der Waals surface area contributed by atoms with Crippen molar-refractivity contribution in [3.63, 3.8) is 0 Å². The first-order valence-electron chi connectivity index (χ1n) is 7.56. The van der Waals surface area contributed by atoms with Crippen molar-refractivity contribution in [3.05, 3.63) is 29.8 Å². The minimum Gasteiger partial charge on any atom is -0.261 e. The fourth-order valence-corrected chi connectivity index (χ4v) is 7.89. The average molecular weight is 346 g/mol. The minimum atomic E-state index is -2.83. The smallest absolute Gasteiger partial charge is 0.194 e. The highest BCUT2D eigenvalue weighted by molar-refractivity contribution is 8.16. The first kappa shape index (κ1) is 18.7. The van der Waals surface area contributed by atoms with E-state index in [4.69, 9.17) is 10.7 Å². The number of benzene rings is 1. The maximum absolute atomic E-state index is 12.8. The van der Waals surface area contributed by atoms with Crippen LogP contribution in [0.4, 0.5) is 0 Å². The zero-order valence-electron chi connectivity index (χ0n) is 14.1. The Bertz CT molecular complexity index is 581. The molecule has 1 aromatic carbocycles. The molecular weight excluding hydrogens is 318 g/mol. The molecule has 0 fully saturated rings. The second-order valence-corrected chi connectivity index (χ2v) is 15.1. The van der Waals surface area contributed by atoms with Gasteiger partial charge in [0.1, 0.15) is 0 Å². The van der Waals surface area contributed by atoms with Crippen molar-refractivity contribution in [2.24, 2.45) is 4.03 Å². The lowest BCUT2D eigenvalue weighted by molar-refractivity contribution is 0.683. The topological polar surface area (TPSA) is 29.4 Å². The van der Waals surface area contributed by atoms with Crippen molar-refractivity contribution in [2.75, 3.05) is 0 Å². The number of halogens is 1. The van der Waals surface area contributed by atoms with E-state index in [1.54, 1.807) is 0 Å². The van der Waals surface area contributed by atoms with Crippen LogP contribution in [0.3, 0.4) is 0 Å². The Balaban J connectivity index is 3.11. The van der Waals surface area contributed by atoms with E-state index in [0.717, 1.165) is 6.42 Å². The minimum absolute atomic E-state index is 0.0333. The SMILES string of the molecule is CCCCc1ccc(S(=O)(Cl)=N[Si](C)(C)C(C)(C)C)cc1. The van der Waals surface area contributed by atoms with Gasteiger partial charge in [-0.25, -0.2) is 4.21 Å². The van der Waals surface area contributed by atoms with Crippen LogP contribution >= 0.6 is 10.7 Å². The van der Waals surface area contributed by atoms with Crippen LogP contribution in [0.15, 0.2) is 33.2 Å². The number of aryl methyl sites for hydroxylation is 1. The van der Waals surface area contributed by atoms with Gasteiger partial charge in [-0.05, 0) is 48.7 Å². The summed E-state index contributed by atoms with van der Waals surface area (Å²) in [6, 6.07) is 7.79. The van der Waals surface area contributed by atoms with E-state index < -0.39 is 17.2 Å². The molecule has 1 rings (SSSR count). The molecule has 1 aromatic rings. The van der Waals surface area contributed by atoms with Gasteiger partial charge in [0.2, 0.25) is 0 Å². The van der Waals surface area contributed by atoms with Gasteiger partial charge in [-0.3, -0.25) is 4.03 Å². The molecule has 0 aliphatic rings. The summed E-state index contributed by atoms with van der Waals surface area (Å²) in [4.78, 5) is 0.634. The van der Waals surface area contributed by atoms with Crippen LogP contribution in [0.5, 0.6) is 0 Å². The highest BCUT2D eigenvalue weighted by Crippen LogP contribution is 2.39. The number of rotatable bonds is 5. The molecule has 5 heteroatoms. The second kappa shape index (κ2) is 6.84. The standard InChI is InChI=1S/C16H28ClNOSSi/c1-7-8-9-14-10-12-15(13-11-14)20(17,19)18-21(5,6)16(2,3)4/h10-13H,7-9H2,1-6H3. The van der Waals surface area contributed by atoms with E-state index in [1.165, 1.54) is 18.4 Å². The zero-order valence-corrected chi connectivity index (χ0v) is 16.6. The number of hydrogen-bond acceptors (Lipinski definition) is 2. The lowest BCUT2D eigenvalue weighted by Crippen LogP contribution is -2.35. The molecular formula is C16H28ClNOSSi. The van der Waals surface area contributed by atoms with Gasteiger partial charge >= 0.3 is 0 Å². The summed E-state index contributed by atoms with van der Waals surface area (Å²) in [7, 11) is 1.44. The monoisotopic (exact) mass is 345 g/mol. The van der Waals surface area contributed by atoms with Crippen LogP contribution in [0.1, 0.15) is 46.1 Å². The third-order valence-corrected chi connectivity index (χ3v) is 12.7. The van der Waals surface area contributed by atoms with E-state index in [0.29, 0.717) is 4.90 Å². The van der Waals surface area contributed by atoms with Crippen LogP contribution in [0.25, 0.3) is 0 Å². The maximum Gasteiger partial charge on any atom is 0.194 e. The molecule has 0 saturated carbocycles. The Morgan fingerprint density at radius 1 is 1.19 bits per heavy atom. The quantitative estimate of drug-likeness (QED) is 0.474. The summed E-state index contributed by atoms with van der Waals surface area (Å²) < 4.78 is 17.4. The molecule has 21 heavy (non-hydrogen) atoms. The third kappa shape index (κ3) is 5.11. The molecule has 0 bridgehead atoms. The largest absolute Gasteiger partial charge is 0.261 e. The van der Waals surface area contributed by atoms with Crippen LogP contribution in [0.2, 0.25) is 18.1 Å². The van der Waals surface area contributed by atoms with Crippen molar-refractivity contribution in [1.29, 1.82) is 0 Å². The molecule has 1 atom stereocenters. The average Bonchev–Trinajstić information content (AvgIpc) is 2.34. The normalized spacial score (nSPS) is 15.6. The van der Waals surface area contributed by atoms with Gasteiger partial charge < -0.3 is 0 Å². The first-order chi connectivity index (χ1) is 9.49. The van der Waals surface area contributed by atoms with Crippen molar-refractivity contribution in [2.45, 2.75) is 70.0 Å². The Labute approximate surface area is 136 Å². The number of nitrogens with zero attached hydrogens (tertiary/aromatic N) is 1. The van der Waals surface area contributed by atoms with Gasteiger partial charge in [0, 0.05) is 10.7 Å². The van der Waals surface area contributed by atoms with Crippen molar-refractivity contribution < 1.29 is 4.21 Å². The summed E-state index contributed by atoms with van der Waals surface area (Å²) in [5.74, 6) is 0. The first-order valence-corrected chi connectivity index (χ1v) is 12.9. The van der Waals surface area contributed by atoms with Crippen molar-refractivity contribution in [1.82, 2.24) is 0 Å². The zero-order chi connectivity index (χ0) is 16.3. The lowest BCUT2D eigenvalue weighted by Gasteiger charge is -2.32. The summed E-state index contributed by atoms with van der Waals surface area (Å²) in [5.41, 5.74) is 1.26. The van der Waals surface area contributed by atoms with Gasteiger partial charge in [0.05, 0.1) is 4.90 Å². The molecule has 0 radical (unpaired) electrons. The van der Waals surface area contributed by atoms with E-state index in [2.05, 4.69) is 44.8 Å². The van der Waals surface area contributed by atoms with Gasteiger partial charge in [-0.1, -0.05) is 46.2 Å². The van der Waals surface area contributed by atoms with Crippen LogP contribution in [-0.2, 0) is 15.4 Å². The van der Waals surface area contributed by atoms with E-state index in [-0.39, 0.29) is 5.04 Å². The Morgan fingerprint density at radius 2 is 1.71 bits per heavy atom. The van der Waals surface area contributed by atoms with Gasteiger partial charge in [0.15, 0.2) is 17.2 Å². The predicted molar refractivity (Wildman–Crippen MR) is 96.9 cm³/mol. The molecule has 0 aliphatic carbocycles.